The third-order valence-corrected chi connectivity index (χ3v) is 4.01. The molecule has 0 unspecified atom stereocenters. The summed E-state index contributed by atoms with van der Waals surface area (Å²) in [5.74, 6) is -0.492. The van der Waals surface area contributed by atoms with Crippen LogP contribution < -0.4 is 5.32 Å². The molecule has 0 saturated carbocycles. The van der Waals surface area contributed by atoms with Gasteiger partial charge in [-0.3, -0.25) is 4.79 Å². The monoisotopic (exact) mass is 299 g/mol. The Morgan fingerprint density at radius 2 is 2.14 bits per heavy atom. The van der Waals surface area contributed by atoms with Crippen molar-refractivity contribution in [2.75, 3.05) is 12.4 Å². The molecule has 22 heavy (non-hydrogen) atoms. The number of hydrogen-bond donors (Lipinski definition) is 1. The van der Waals surface area contributed by atoms with Crippen molar-refractivity contribution in [3.05, 3.63) is 64.5 Å². The minimum absolute atomic E-state index is 0.150. The summed E-state index contributed by atoms with van der Waals surface area (Å²) in [6.07, 6.45) is 3.06. The number of benzene rings is 2. The van der Waals surface area contributed by atoms with E-state index in [1.807, 2.05) is 12.1 Å². The number of amides is 1. The predicted octanol–water partition coefficient (Wildman–Crippen LogP) is 3.71. The number of aryl methyl sites for hydroxylation is 1. The van der Waals surface area contributed by atoms with Gasteiger partial charge in [-0.1, -0.05) is 12.1 Å². The second kappa shape index (κ2) is 6.28. The van der Waals surface area contributed by atoms with Gasteiger partial charge in [-0.2, -0.15) is 0 Å². The molecule has 1 amide bonds. The van der Waals surface area contributed by atoms with Gasteiger partial charge in [0.25, 0.3) is 5.91 Å². The van der Waals surface area contributed by atoms with Crippen molar-refractivity contribution in [1.29, 1.82) is 0 Å². The van der Waals surface area contributed by atoms with Gasteiger partial charge in [0.05, 0.1) is 6.61 Å². The SMILES string of the molecule is COCc1cc(F)ccc1NC(=O)c1cccc2c1CCC2. The van der Waals surface area contributed by atoms with E-state index in [9.17, 15) is 9.18 Å². The smallest absolute Gasteiger partial charge is 0.255 e. The number of halogens is 1. The van der Waals surface area contributed by atoms with E-state index >= 15 is 0 Å². The van der Waals surface area contributed by atoms with Crippen LogP contribution in [0.15, 0.2) is 36.4 Å². The molecule has 0 spiro atoms. The summed E-state index contributed by atoms with van der Waals surface area (Å²) in [6, 6.07) is 10.1. The number of carbonyl (C=O) groups excluding carboxylic acids is 1. The van der Waals surface area contributed by atoms with Crippen molar-refractivity contribution in [2.45, 2.75) is 25.9 Å². The Hall–Kier alpha value is -2.20. The van der Waals surface area contributed by atoms with Crippen molar-refractivity contribution >= 4 is 11.6 Å². The van der Waals surface area contributed by atoms with Crippen LogP contribution >= 0.6 is 0 Å². The number of fused-ring (bicyclic) bond motifs is 1. The first-order chi connectivity index (χ1) is 10.7. The highest BCUT2D eigenvalue weighted by Crippen LogP contribution is 2.26. The van der Waals surface area contributed by atoms with Gasteiger partial charge in [0, 0.05) is 23.9 Å². The van der Waals surface area contributed by atoms with Crippen LogP contribution in [0.3, 0.4) is 0 Å². The predicted molar refractivity (Wildman–Crippen MR) is 83.5 cm³/mol. The summed E-state index contributed by atoms with van der Waals surface area (Å²) in [6.45, 7) is 0.250. The lowest BCUT2D eigenvalue weighted by Crippen LogP contribution is -2.15. The largest absolute Gasteiger partial charge is 0.380 e. The van der Waals surface area contributed by atoms with Gasteiger partial charge >= 0.3 is 0 Å². The highest BCUT2D eigenvalue weighted by atomic mass is 19.1. The molecule has 0 fully saturated rings. The van der Waals surface area contributed by atoms with Crippen LogP contribution in [0.25, 0.3) is 0 Å². The molecule has 3 nitrogen and oxygen atoms in total. The first-order valence-electron chi connectivity index (χ1n) is 7.38. The summed E-state index contributed by atoms with van der Waals surface area (Å²) < 4.78 is 18.4. The van der Waals surface area contributed by atoms with Crippen molar-refractivity contribution in [2.24, 2.45) is 0 Å². The molecule has 1 N–H and O–H groups in total. The standard InChI is InChI=1S/C18H18FNO2/c1-22-11-13-10-14(19)8-9-17(13)20-18(21)16-7-3-5-12-4-2-6-15(12)16/h3,5,7-10H,2,4,6,11H2,1H3,(H,20,21). The minimum atomic E-state index is -0.342. The molecular formula is C18H18FNO2. The second-order valence-corrected chi connectivity index (χ2v) is 5.49. The normalized spacial score (nSPS) is 13.0. The highest BCUT2D eigenvalue weighted by Gasteiger charge is 2.19. The van der Waals surface area contributed by atoms with Crippen molar-refractivity contribution in [3.63, 3.8) is 0 Å². The highest BCUT2D eigenvalue weighted by molar-refractivity contribution is 6.06. The van der Waals surface area contributed by atoms with E-state index in [0.29, 0.717) is 16.8 Å². The summed E-state index contributed by atoms with van der Waals surface area (Å²) in [5.41, 5.74) is 4.31. The molecule has 2 aromatic carbocycles. The number of anilines is 1. The van der Waals surface area contributed by atoms with Gasteiger partial charge in [0.15, 0.2) is 0 Å². The third-order valence-electron chi connectivity index (χ3n) is 4.01. The summed E-state index contributed by atoms with van der Waals surface area (Å²) in [5, 5.41) is 2.88. The number of methoxy groups -OCH3 is 1. The Labute approximate surface area is 129 Å². The number of rotatable bonds is 4. The Morgan fingerprint density at radius 3 is 2.95 bits per heavy atom. The van der Waals surface area contributed by atoms with Crippen molar-refractivity contribution in [3.8, 4) is 0 Å². The zero-order valence-corrected chi connectivity index (χ0v) is 12.5. The molecule has 0 aromatic heterocycles. The molecule has 0 heterocycles. The van der Waals surface area contributed by atoms with Gasteiger partial charge in [-0.25, -0.2) is 4.39 Å². The Bertz CT molecular complexity index is 712. The van der Waals surface area contributed by atoms with Crippen LogP contribution in [0.1, 0.15) is 33.5 Å². The summed E-state index contributed by atoms with van der Waals surface area (Å²) >= 11 is 0. The quantitative estimate of drug-likeness (QED) is 0.934. The fraction of sp³-hybridized carbons (Fsp3) is 0.278. The molecule has 0 bridgehead atoms. The van der Waals surface area contributed by atoms with E-state index in [0.717, 1.165) is 24.8 Å². The molecule has 2 aromatic rings. The molecule has 0 radical (unpaired) electrons. The zero-order chi connectivity index (χ0) is 15.5. The molecule has 4 heteroatoms. The molecule has 0 saturated heterocycles. The topological polar surface area (TPSA) is 38.3 Å². The minimum Gasteiger partial charge on any atom is -0.380 e. The number of nitrogens with one attached hydrogen (secondary N) is 1. The van der Waals surface area contributed by atoms with Gasteiger partial charge in [0.1, 0.15) is 5.82 Å². The van der Waals surface area contributed by atoms with E-state index in [4.69, 9.17) is 4.74 Å². The molecule has 114 valence electrons. The number of hydrogen-bond acceptors (Lipinski definition) is 2. The summed E-state index contributed by atoms with van der Waals surface area (Å²) in [4.78, 5) is 12.6. The first-order valence-corrected chi connectivity index (χ1v) is 7.38. The third kappa shape index (κ3) is 2.88. The van der Waals surface area contributed by atoms with E-state index in [2.05, 4.69) is 11.4 Å². The molecule has 3 rings (SSSR count). The van der Waals surface area contributed by atoms with Gasteiger partial charge in [-0.15, -0.1) is 0 Å². The van der Waals surface area contributed by atoms with Crippen LogP contribution in [-0.4, -0.2) is 13.0 Å². The fourth-order valence-electron chi connectivity index (χ4n) is 2.98. The van der Waals surface area contributed by atoms with E-state index in [1.54, 1.807) is 13.2 Å². The van der Waals surface area contributed by atoms with Crippen LogP contribution in [-0.2, 0) is 24.2 Å². The second-order valence-electron chi connectivity index (χ2n) is 5.49. The number of ether oxygens (including phenoxy) is 1. The summed E-state index contributed by atoms with van der Waals surface area (Å²) in [7, 11) is 1.54. The number of carbonyl (C=O) groups is 1. The Morgan fingerprint density at radius 1 is 1.27 bits per heavy atom. The van der Waals surface area contributed by atoms with Gasteiger partial charge in [0.2, 0.25) is 0 Å². The maximum atomic E-state index is 13.3. The van der Waals surface area contributed by atoms with Gasteiger partial charge in [-0.05, 0) is 54.7 Å². The Balaban J connectivity index is 1.88. The molecule has 1 aliphatic rings. The van der Waals surface area contributed by atoms with Crippen molar-refractivity contribution in [1.82, 2.24) is 0 Å². The van der Waals surface area contributed by atoms with Crippen LogP contribution in [0.2, 0.25) is 0 Å². The Kier molecular flexibility index (Phi) is 4.20. The molecular weight excluding hydrogens is 281 g/mol. The lowest BCUT2D eigenvalue weighted by molar-refractivity contribution is 0.102. The fourth-order valence-corrected chi connectivity index (χ4v) is 2.98. The zero-order valence-electron chi connectivity index (χ0n) is 12.5. The van der Waals surface area contributed by atoms with E-state index in [-0.39, 0.29) is 18.3 Å². The van der Waals surface area contributed by atoms with E-state index in [1.165, 1.54) is 17.7 Å². The maximum Gasteiger partial charge on any atom is 0.255 e. The van der Waals surface area contributed by atoms with Crippen LogP contribution in [0.5, 0.6) is 0 Å². The lowest BCUT2D eigenvalue weighted by atomic mass is 10.0. The van der Waals surface area contributed by atoms with Crippen LogP contribution in [0.4, 0.5) is 10.1 Å². The average Bonchev–Trinajstić information content (AvgIpc) is 2.98. The first kappa shape index (κ1) is 14.7. The van der Waals surface area contributed by atoms with Crippen molar-refractivity contribution < 1.29 is 13.9 Å². The maximum absolute atomic E-state index is 13.3. The van der Waals surface area contributed by atoms with E-state index < -0.39 is 0 Å². The molecule has 0 aliphatic heterocycles. The molecule has 1 aliphatic carbocycles. The van der Waals surface area contributed by atoms with Gasteiger partial charge < -0.3 is 10.1 Å². The molecule has 0 atom stereocenters. The van der Waals surface area contributed by atoms with Crippen LogP contribution in [0, 0.1) is 5.82 Å². The lowest BCUT2D eigenvalue weighted by Gasteiger charge is -2.13. The average molecular weight is 299 g/mol.